The zero-order valence-electron chi connectivity index (χ0n) is 13.5. The predicted octanol–water partition coefficient (Wildman–Crippen LogP) is 3.73. The number of carbonyl (C=O) groups is 1. The SMILES string of the molecule is NCCCCC(Cl)c1ccc(C(C(=O)NO)c2ccccc2)cc1. The molecule has 0 bridgehead atoms. The number of benzene rings is 2. The van der Waals surface area contributed by atoms with Crippen LogP contribution in [0.5, 0.6) is 0 Å². The molecule has 0 saturated carbocycles. The lowest BCUT2D eigenvalue weighted by Crippen LogP contribution is -2.27. The Hall–Kier alpha value is -1.88. The Bertz CT molecular complexity index is 632. The Balaban J connectivity index is 2.18. The molecule has 2 rings (SSSR count). The first-order valence-electron chi connectivity index (χ1n) is 8.10. The molecule has 24 heavy (non-hydrogen) atoms. The fraction of sp³-hybridized carbons (Fsp3) is 0.316. The van der Waals surface area contributed by atoms with Crippen molar-refractivity contribution in [1.82, 2.24) is 5.48 Å². The van der Waals surface area contributed by atoms with Crippen molar-refractivity contribution in [3.63, 3.8) is 0 Å². The molecule has 2 aromatic rings. The zero-order valence-corrected chi connectivity index (χ0v) is 14.2. The summed E-state index contributed by atoms with van der Waals surface area (Å²) in [5.41, 5.74) is 9.91. The molecule has 5 heteroatoms. The van der Waals surface area contributed by atoms with Gasteiger partial charge in [0, 0.05) is 0 Å². The van der Waals surface area contributed by atoms with E-state index in [2.05, 4.69) is 0 Å². The van der Waals surface area contributed by atoms with Crippen LogP contribution in [-0.4, -0.2) is 17.7 Å². The number of unbranched alkanes of at least 4 members (excludes halogenated alkanes) is 1. The van der Waals surface area contributed by atoms with Crippen molar-refractivity contribution in [2.75, 3.05) is 6.54 Å². The molecule has 0 aromatic heterocycles. The number of nitrogens with one attached hydrogen (secondary N) is 1. The van der Waals surface area contributed by atoms with Gasteiger partial charge < -0.3 is 5.73 Å². The fourth-order valence-electron chi connectivity index (χ4n) is 2.74. The van der Waals surface area contributed by atoms with E-state index in [9.17, 15) is 4.79 Å². The van der Waals surface area contributed by atoms with E-state index in [1.165, 1.54) is 0 Å². The van der Waals surface area contributed by atoms with Crippen LogP contribution in [-0.2, 0) is 4.79 Å². The molecular formula is C19H23ClN2O2. The van der Waals surface area contributed by atoms with Crippen LogP contribution >= 0.6 is 11.6 Å². The molecule has 4 N–H and O–H groups in total. The van der Waals surface area contributed by atoms with Crippen LogP contribution in [0.15, 0.2) is 54.6 Å². The maximum atomic E-state index is 12.1. The third-order valence-electron chi connectivity index (χ3n) is 4.05. The van der Waals surface area contributed by atoms with Crippen molar-refractivity contribution in [2.45, 2.75) is 30.6 Å². The lowest BCUT2D eigenvalue weighted by atomic mass is 9.90. The van der Waals surface area contributed by atoms with E-state index in [1.807, 2.05) is 54.6 Å². The number of hydrogen-bond acceptors (Lipinski definition) is 3. The van der Waals surface area contributed by atoms with Crippen molar-refractivity contribution in [1.29, 1.82) is 0 Å². The van der Waals surface area contributed by atoms with Crippen LogP contribution in [0.2, 0.25) is 0 Å². The lowest BCUT2D eigenvalue weighted by Gasteiger charge is -2.17. The summed E-state index contributed by atoms with van der Waals surface area (Å²) >= 11 is 6.42. The van der Waals surface area contributed by atoms with Gasteiger partial charge in [0.1, 0.15) is 0 Å². The van der Waals surface area contributed by atoms with Gasteiger partial charge in [-0.3, -0.25) is 10.0 Å². The minimum absolute atomic E-state index is 0.0626. The molecule has 1 amide bonds. The highest BCUT2D eigenvalue weighted by Crippen LogP contribution is 2.30. The highest BCUT2D eigenvalue weighted by atomic mass is 35.5. The Morgan fingerprint density at radius 2 is 1.58 bits per heavy atom. The fourth-order valence-corrected chi connectivity index (χ4v) is 3.04. The first-order chi connectivity index (χ1) is 11.7. The first kappa shape index (κ1) is 18.5. The molecule has 0 aliphatic rings. The highest BCUT2D eigenvalue weighted by molar-refractivity contribution is 6.20. The third kappa shape index (κ3) is 4.81. The summed E-state index contributed by atoms with van der Waals surface area (Å²) in [6.45, 7) is 0.678. The van der Waals surface area contributed by atoms with E-state index < -0.39 is 11.8 Å². The Morgan fingerprint density at radius 3 is 2.17 bits per heavy atom. The summed E-state index contributed by atoms with van der Waals surface area (Å²) in [4.78, 5) is 12.1. The van der Waals surface area contributed by atoms with Crippen molar-refractivity contribution < 1.29 is 10.0 Å². The van der Waals surface area contributed by atoms with E-state index in [4.69, 9.17) is 22.5 Å². The number of hydroxylamine groups is 1. The monoisotopic (exact) mass is 346 g/mol. The lowest BCUT2D eigenvalue weighted by molar-refractivity contribution is -0.129. The molecule has 0 saturated heterocycles. The predicted molar refractivity (Wildman–Crippen MR) is 96.2 cm³/mol. The van der Waals surface area contributed by atoms with Gasteiger partial charge in [-0.25, -0.2) is 5.48 Å². The molecule has 0 radical (unpaired) electrons. The Morgan fingerprint density at radius 1 is 1.00 bits per heavy atom. The second-order valence-electron chi connectivity index (χ2n) is 5.74. The van der Waals surface area contributed by atoms with Gasteiger partial charge in [-0.05, 0) is 36.1 Å². The van der Waals surface area contributed by atoms with Crippen LogP contribution in [0.1, 0.15) is 47.2 Å². The third-order valence-corrected chi connectivity index (χ3v) is 4.52. The molecule has 128 valence electrons. The minimum Gasteiger partial charge on any atom is -0.330 e. The van der Waals surface area contributed by atoms with Gasteiger partial charge in [0.25, 0.3) is 5.91 Å². The van der Waals surface area contributed by atoms with Gasteiger partial charge in [0.2, 0.25) is 0 Å². The first-order valence-corrected chi connectivity index (χ1v) is 8.54. The summed E-state index contributed by atoms with van der Waals surface area (Å²) in [7, 11) is 0. The number of halogens is 1. The van der Waals surface area contributed by atoms with E-state index in [1.54, 1.807) is 5.48 Å². The molecule has 0 aliphatic heterocycles. The van der Waals surface area contributed by atoms with Crippen molar-refractivity contribution in [3.05, 3.63) is 71.3 Å². The summed E-state index contributed by atoms with van der Waals surface area (Å²) < 4.78 is 0. The van der Waals surface area contributed by atoms with Crippen molar-refractivity contribution in [2.24, 2.45) is 5.73 Å². The van der Waals surface area contributed by atoms with Crippen LogP contribution in [0.3, 0.4) is 0 Å². The van der Waals surface area contributed by atoms with Gasteiger partial charge in [0.15, 0.2) is 0 Å². The summed E-state index contributed by atoms with van der Waals surface area (Å²) in [5.74, 6) is -1.02. The van der Waals surface area contributed by atoms with Gasteiger partial charge in [0.05, 0.1) is 11.3 Å². The van der Waals surface area contributed by atoms with E-state index in [-0.39, 0.29) is 5.38 Å². The van der Waals surface area contributed by atoms with Gasteiger partial charge in [-0.2, -0.15) is 0 Å². The molecule has 0 fully saturated rings. The van der Waals surface area contributed by atoms with Crippen LogP contribution < -0.4 is 11.2 Å². The number of nitrogens with two attached hydrogens (primary N) is 1. The Kier molecular flexibility index (Phi) is 7.25. The summed E-state index contributed by atoms with van der Waals surface area (Å²) in [6, 6.07) is 17.0. The average molecular weight is 347 g/mol. The summed E-state index contributed by atoms with van der Waals surface area (Å²) in [6.07, 6.45) is 2.83. The topological polar surface area (TPSA) is 75.4 Å². The molecule has 4 nitrogen and oxygen atoms in total. The van der Waals surface area contributed by atoms with Crippen LogP contribution in [0.25, 0.3) is 0 Å². The number of alkyl halides is 1. The maximum Gasteiger partial charge on any atom is 0.255 e. The second kappa shape index (κ2) is 9.42. The molecule has 0 spiro atoms. The number of carbonyl (C=O) groups excluding carboxylic acids is 1. The Labute approximate surface area is 147 Å². The molecule has 2 atom stereocenters. The minimum atomic E-state index is -0.559. The number of hydrogen-bond donors (Lipinski definition) is 3. The van der Waals surface area contributed by atoms with Crippen molar-refractivity contribution >= 4 is 17.5 Å². The quantitative estimate of drug-likeness (QED) is 0.295. The van der Waals surface area contributed by atoms with Crippen molar-refractivity contribution in [3.8, 4) is 0 Å². The van der Waals surface area contributed by atoms with Gasteiger partial charge >= 0.3 is 0 Å². The van der Waals surface area contributed by atoms with Crippen LogP contribution in [0, 0.1) is 0 Å². The average Bonchev–Trinajstić information content (AvgIpc) is 2.63. The standard InChI is InChI=1S/C19H23ClN2O2/c20-17(8-4-5-13-21)14-9-11-16(12-10-14)18(19(23)22-24)15-6-2-1-3-7-15/h1-3,6-7,9-12,17-18,24H,4-5,8,13,21H2,(H,22,23). The number of rotatable bonds is 8. The zero-order chi connectivity index (χ0) is 17.4. The largest absolute Gasteiger partial charge is 0.330 e. The van der Waals surface area contributed by atoms with Gasteiger partial charge in [-0.15, -0.1) is 11.6 Å². The summed E-state index contributed by atoms with van der Waals surface area (Å²) in [5, 5.41) is 9.00. The molecule has 2 unspecified atom stereocenters. The van der Waals surface area contributed by atoms with E-state index in [0.717, 1.165) is 36.0 Å². The second-order valence-corrected chi connectivity index (χ2v) is 6.27. The molecule has 2 aromatic carbocycles. The smallest absolute Gasteiger partial charge is 0.255 e. The van der Waals surface area contributed by atoms with E-state index in [0.29, 0.717) is 6.54 Å². The molecular weight excluding hydrogens is 324 g/mol. The highest BCUT2D eigenvalue weighted by Gasteiger charge is 2.22. The molecule has 0 aliphatic carbocycles. The van der Waals surface area contributed by atoms with Crippen LogP contribution in [0.4, 0.5) is 0 Å². The van der Waals surface area contributed by atoms with E-state index >= 15 is 0 Å². The number of amides is 1. The molecule has 0 heterocycles. The normalized spacial score (nSPS) is 13.3. The maximum absolute atomic E-state index is 12.1. The van der Waals surface area contributed by atoms with Gasteiger partial charge in [-0.1, -0.05) is 61.0 Å².